The van der Waals surface area contributed by atoms with Gasteiger partial charge in [0.1, 0.15) is 15.6 Å². The van der Waals surface area contributed by atoms with E-state index in [0.717, 1.165) is 0 Å². The number of hydrogen-bond donors (Lipinski definition) is 2. The second kappa shape index (κ2) is 4.86. The van der Waals surface area contributed by atoms with Crippen molar-refractivity contribution in [1.29, 1.82) is 0 Å². The van der Waals surface area contributed by atoms with Crippen molar-refractivity contribution in [3.63, 3.8) is 0 Å². The van der Waals surface area contributed by atoms with Gasteiger partial charge in [-0.1, -0.05) is 12.2 Å². The van der Waals surface area contributed by atoms with Gasteiger partial charge in [0.2, 0.25) is 10.0 Å². The number of nitrogens with zero attached hydrogens (tertiary/aromatic N) is 1. The fraction of sp³-hybridized carbons (Fsp3) is 0.333. The van der Waals surface area contributed by atoms with E-state index < -0.39 is 10.0 Å². The highest BCUT2D eigenvalue weighted by Crippen LogP contribution is 2.13. The van der Waals surface area contributed by atoms with Crippen LogP contribution in [0.4, 0.5) is 0 Å². The molecule has 0 aliphatic rings. The molecular weight excluding hydrogens is 246 g/mol. The molecule has 0 radical (unpaired) electrons. The standard InChI is InChI=1S/C9H13N3O2S2/c1-6(2)12-16(13,14)7-4-3-5-11-8(7)9(10)15/h3-6,12H,1-2H3,(H2,10,15). The van der Waals surface area contributed by atoms with Crippen LogP contribution in [0.2, 0.25) is 0 Å². The van der Waals surface area contributed by atoms with Gasteiger partial charge in [-0.25, -0.2) is 13.1 Å². The Labute approximate surface area is 100 Å². The molecule has 1 rings (SSSR count). The Morgan fingerprint density at radius 2 is 2.19 bits per heavy atom. The summed E-state index contributed by atoms with van der Waals surface area (Å²) in [6.07, 6.45) is 1.45. The first-order valence-electron chi connectivity index (χ1n) is 4.61. The minimum absolute atomic E-state index is 0.0104. The van der Waals surface area contributed by atoms with Crippen molar-refractivity contribution in [2.45, 2.75) is 24.8 Å². The van der Waals surface area contributed by atoms with Crippen molar-refractivity contribution in [2.24, 2.45) is 5.73 Å². The maximum Gasteiger partial charge on any atom is 0.243 e. The minimum atomic E-state index is -3.62. The van der Waals surface area contributed by atoms with Crippen molar-refractivity contribution in [3.8, 4) is 0 Å². The molecule has 0 aromatic carbocycles. The summed E-state index contributed by atoms with van der Waals surface area (Å²) >= 11 is 4.76. The van der Waals surface area contributed by atoms with Gasteiger partial charge >= 0.3 is 0 Å². The van der Waals surface area contributed by atoms with E-state index >= 15 is 0 Å². The summed E-state index contributed by atoms with van der Waals surface area (Å²) in [5.74, 6) is 0. The number of hydrogen-bond acceptors (Lipinski definition) is 4. The largest absolute Gasteiger partial charge is 0.388 e. The molecule has 0 unspecified atom stereocenters. The Morgan fingerprint density at radius 1 is 1.56 bits per heavy atom. The average Bonchev–Trinajstić information content (AvgIpc) is 2.15. The predicted octanol–water partition coefficient (Wildman–Crippen LogP) is 0.403. The molecule has 0 fully saturated rings. The quantitative estimate of drug-likeness (QED) is 0.765. The Morgan fingerprint density at radius 3 is 2.69 bits per heavy atom. The first-order valence-corrected chi connectivity index (χ1v) is 6.51. The number of nitrogens with two attached hydrogens (primary N) is 1. The van der Waals surface area contributed by atoms with Gasteiger partial charge in [0.25, 0.3) is 0 Å². The normalized spacial score (nSPS) is 11.7. The zero-order valence-corrected chi connectivity index (χ0v) is 10.6. The zero-order valence-electron chi connectivity index (χ0n) is 8.97. The molecule has 1 aromatic rings. The van der Waals surface area contributed by atoms with Crippen LogP contribution in [0.3, 0.4) is 0 Å². The highest BCUT2D eigenvalue weighted by atomic mass is 32.2. The molecular formula is C9H13N3O2S2. The Balaban J connectivity index is 3.28. The van der Waals surface area contributed by atoms with Crippen LogP contribution in [0.25, 0.3) is 0 Å². The average molecular weight is 259 g/mol. The molecule has 7 heteroatoms. The lowest BCUT2D eigenvalue weighted by atomic mass is 10.3. The molecule has 88 valence electrons. The first kappa shape index (κ1) is 13.0. The molecule has 0 spiro atoms. The van der Waals surface area contributed by atoms with Crippen LogP contribution in [0.1, 0.15) is 19.5 Å². The lowest BCUT2D eigenvalue weighted by molar-refractivity contribution is 0.569. The van der Waals surface area contributed by atoms with E-state index in [2.05, 4.69) is 9.71 Å². The van der Waals surface area contributed by atoms with Crippen molar-refractivity contribution in [2.75, 3.05) is 0 Å². The number of pyridine rings is 1. The van der Waals surface area contributed by atoms with Crippen LogP contribution in [0.5, 0.6) is 0 Å². The molecule has 0 bridgehead atoms. The number of rotatable bonds is 4. The molecule has 0 aliphatic carbocycles. The summed E-state index contributed by atoms with van der Waals surface area (Å²) in [4.78, 5) is 3.84. The van der Waals surface area contributed by atoms with Gasteiger partial charge in [0.15, 0.2) is 0 Å². The van der Waals surface area contributed by atoms with Gasteiger partial charge in [0, 0.05) is 12.2 Å². The molecule has 1 heterocycles. The summed E-state index contributed by atoms with van der Waals surface area (Å²) in [5.41, 5.74) is 5.54. The van der Waals surface area contributed by atoms with Crippen LogP contribution in [0, 0.1) is 0 Å². The van der Waals surface area contributed by atoms with E-state index in [1.165, 1.54) is 18.3 Å². The Bertz CT molecular complexity index is 497. The topological polar surface area (TPSA) is 85.1 Å². The maximum atomic E-state index is 11.9. The van der Waals surface area contributed by atoms with Gasteiger partial charge in [-0.15, -0.1) is 0 Å². The Hall–Kier alpha value is -1.05. The van der Waals surface area contributed by atoms with Gasteiger partial charge in [-0.2, -0.15) is 0 Å². The lowest BCUT2D eigenvalue weighted by Crippen LogP contribution is -2.32. The van der Waals surface area contributed by atoms with Crippen molar-refractivity contribution in [1.82, 2.24) is 9.71 Å². The molecule has 3 N–H and O–H groups in total. The number of nitrogens with one attached hydrogen (secondary N) is 1. The number of sulfonamides is 1. The summed E-state index contributed by atoms with van der Waals surface area (Å²) < 4.78 is 26.3. The highest BCUT2D eigenvalue weighted by Gasteiger charge is 2.21. The third kappa shape index (κ3) is 2.97. The van der Waals surface area contributed by atoms with Crippen molar-refractivity contribution < 1.29 is 8.42 Å². The monoisotopic (exact) mass is 259 g/mol. The number of thiocarbonyl (C=S) groups is 1. The van der Waals surface area contributed by atoms with E-state index in [4.69, 9.17) is 18.0 Å². The summed E-state index contributed by atoms with van der Waals surface area (Å²) in [6, 6.07) is 2.74. The van der Waals surface area contributed by atoms with Gasteiger partial charge in [-0.3, -0.25) is 4.98 Å². The maximum absolute atomic E-state index is 11.9. The second-order valence-electron chi connectivity index (χ2n) is 3.49. The predicted molar refractivity (Wildman–Crippen MR) is 65.6 cm³/mol. The van der Waals surface area contributed by atoms with E-state index in [1.54, 1.807) is 13.8 Å². The van der Waals surface area contributed by atoms with E-state index in [1.807, 2.05) is 0 Å². The fourth-order valence-electron chi connectivity index (χ4n) is 1.17. The van der Waals surface area contributed by atoms with Gasteiger partial charge in [0.05, 0.1) is 0 Å². The first-order chi connectivity index (χ1) is 7.34. The molecule has 0 aliphatic heterocycles. The van der Waals surface area contributed by atoms with Crippen LogP contribution in [-0.4, -0.2) is 24.4 Å². The molecule has 0 saturated carbocycles. The van der Waals surface area contributed by atoms with Crippen LogP contribution in [0.15, 0.2) is 23.2 Å². The van der Waals surface area contributed by atoms with Crippen LogP contribution >= 0.6 is 12.2 Å². The number of aromatic nitrogens is 1. The minimum Gasteiger partial charge on any atom is -0.388 e. The van der Waals surface area contributed by atoms with Gasteiger partial charge < -0.3 is 5.73 Å². The van der Waals surface area contributed by atoms with Crippen molar-refractivity contribution in [3.05, 3.63) is 24.0 Å². The van der Waals surface area contributed by atoms with Crippen LogP contribution < -0.4 is 10.5 Å². The molecule has 5 nitrogen and oxygen atoms in total. The molecule has 0 saturated heterocycles. The third-order valence-corrected chi connectivity index (χ3v) is 3.57. The summed E-state index contributed by atoms with van der Waals surface area (Å²) in [7, 11) is -3.62. The highest BCUT2D eigenvalue weighted by molar-refractivity contribution is 7.89. The Kier molecular flexibility index (Phi) is 3.95. The SMILES string of the molecule is CC(C)NS(=O)(=O)c1cccnc1C(N)=S. The van der Waals surface area contributed by atoms with E-state index in [9.17, 15) is 8.42 Å². The van der Waals surface area contributed by atoms with E-state index in [0.29, 0.717) is 0 Å². The molecule has 1 aromatic heterocycles. The summed E-state index contributed by atoms with van der Waals surface area (Å²) in [5, 5.41) is 0. The molecule has 0 atom stereocenters. The van der Waals surface area contributed by atoms with Gasteiger partial charge in [-0.05, 0) is 26.0 Å². The van der Waals surface area contributed by atoms with Crippen molar-refractivity contribution >= 4 is 27.2 Å². The van der Waals surface area contributed by atoms with Crippen LogP contribution in [-0.2, 0) is 10.0 Å². The second-order valence-corrected chi connectivity index (χ2v) is 5.61. The molecule has 0 amide bonds. The van der Waals surface area contributed by atoms with E-state index in [-0.39, 0.29) is 21.6 Å². The molecule has 16 heavy (non-hydrogen) atoms. The lowest BCUT2D eigenvalue weighted by Gasteiger charge is -2.11. The third-order valence-electron chi connectivity index (χ3n) is 1.68. The summed E-state index contributed by atoms with van der Waals surface area (Å²) in [6.45, 7) is 3.46. The zero-order chi connectivity index (χ0) is 12.3. The fourth-order valence-corrected chi connectivity index (χ4v) is 2.82. The smallest absolute Gasteiger partial charge is 0.243 e.